The first kappa shape index (κ1) is 13.7. The molecular formula is C12H16N2O4S. The summed E-state index contributed by atoms with van der Waals surface area (Å²) in [7, 11) is -1.40. The zero-order valence-electron chi connectivity index (χ0n) is 10.6. The Morgan fingerprint density at radius 3 is 2.32 bits per heavy atom. The Labute approximate surface area is 112 Å². The second-order valence-corrected chi connectivity index (χ2v) is 6.60. The fourth-order valence-corrected chi connectivity index (χ4v) is 2.99. The number of carbonyl (C=O) groups excluding carboxylic acids is 1. The molecule has 19 heavy (non-hydrogen) atoms. The number of sulfone groups is 1. The summed E-state index contributed by atoms with van der Waals surface area (Å²) in [6.45, 7) is 0.481. The number of benzene rings is 1. The van der Waals surface area contributed by atoms with E-state index in [-0.39, 0.29) is 30.6 Å². The minimum absolute atomic E-state index is 0.0308. The van der Waals surface area contributed by atoms with Crippen LogP contribution in [0.15, 0.2) is 24.3 Å². The van der Waals surface area contributed by atoms with Crippen LogP contribution in [0.4, 0.5) is 10.5 Å². The van der Waals surface area contributed by atoms with Gasteiger partial charge < -0.3 is 15.0 Å². The monoisotopic (exact) mass is 284 g/mol. The van der Waals surface area contributed by atoms with E-state index in [0.29, 0.717) is 11.4 Å². The van der Waals surface area contributed by atoms with E-state index < -0.39 is 9.84 Å². The van der Waals surface area contributed by atoms with Crippen LogP contribution in [0, 0.1) is 0 Å². The second kappa shape index (κ2) is 5.48. The summed E-state index contributed by atoms with van der Waals surface area (Å²) < 4.78 is 27.6. The molecule has 0 radical (unpaired) electrons. The van der Waals surface area contributed by atoms with Gasteiger partial charge in [0.25, 0.3) is 0 Å². The normalized spacial score (nSPS) is 17.8. The molecule has 1 N–H and O–H groups in total. The molecule has 0 spiro atoms. The quantitative estimate of drug-likeness (QED) is 0.877. The number of anilines is 1. The van der Waals surface area contributed by atoms with Gasteiger partial charge in [0.1, 0.15) is 5.75 Å². The van der Waals surface area contributed by atoms with Crippen molar-refractivity contribution in [1.82, 2.24) is 4.90 Å². The summed E-state index contributed by atoms with van der Waals surface area (Å²) in [6.07, 6.45) is 0. The van der Waals surface area contributed by atoms with Gasteiger partial charge in [-0.1, -0.05) is 0 Å². The van der Waals surface area contributed by atoms with Gasteiger partial charge in [-0.2, -0.15) is 0 Å². The third-order valence-electron chi connectivity index (χ3n) is 2.97. The fourth-order valence-electron chi connectivity index (χ4n) is 1.79. The van der Waals surface area contributed by atoms with Gasteiger partial charge in [0.2, 0.25) is 0 Å². The number of ether oxygens (including phenoxy) is 1. The Morgan fingerprint density at radius 2 is 1.79 bits per heavy atom. The second-order valence-electron chi connectivity index (χ2n) is 4.30. The lowest BCUT2D eigenvalue weighted by Crippen LogP contribution is -2.45. The first-order valence-corrected chi connectivity index (χ1v) is 7.73. The minimum Gasteiger partial charge on any atom is -0.497 e. The first-order valence-electron chi connectivity index (χ1n) is 5.90. The molecule has 1 aliphatic rings. The summed E-state index contributed by atoms with van der Waals surface area (Å²) in [5.74, 6) is 0.772. The van der Waals surface area contributed by atoms with E-state index in [2.05, 4.69) is 5.32 Å². The van der Waals surface area contributed by atoms with E-state index in [0.717, 1.165) is 0 Å². The van der Waals surface area contributed by atoms with Gasteiger partial charge >= 0.3 is 6.03 Å². The maximum absolute atomic E-state index is 11.9. The molecular weight excluding hydrogens is 268 g/mol. The molecule has 104 valence electrons. The van der Waals surface area contributed by atoms with Crippen LogP contribution in [0.25, 0.3) is 0 Å². The maximum Gasteiger partial charge on any atom is 0.321 e. The largest absolute Gasteiger partial charge is 0.497 e. The number of rotatable bonds is 2. The molecule has 0 unspecified atom stereocenters. The predicted octanol–water partition coefficient (Wildman–Crippen LogP) is 0.957. The molecule has 0 aromatic heterocycles. The number of methoxy groups -OCH3 is 1. The third-order valence-corrected chi connectivity index (χ3v) is 4.58. The van der Waals surface area contributed by atoms with E-state index in [4.69, 9.17) is 4.74 Å². The molecule has 0 bridgehead atoms. The van der Waals surface area contributed by atoms with Gasteiger partial charge in [0.05, 0.1) is 18.6 Å². The van der Waals surface area contributed by atoms with Crippen molar-refractivity contribution < 1.29 is 17.9 Å². The zero-order chi connectivity index (χ0) is 13.9. The maximum atomic E-state index is 11.9. The first-order chi connectivity index (χ1) is 9.00. The Kier molecular flexibility index (Phi) is 3.94. The summed E-state index contributed by atoms with van der Waals surface area (Å²) in [4.78, 5) is 13.4. The number of urea groups is 1. The van der Waals surface area contributed by atoms with Crippen molar-refractivity contribution in [3.05, 3.63) is 24.3 Å². The number of amides is 2. The Morgan fingerprint density at radius 1 is 1.21 bits per heavy atom. The van der Waals surface area contributed by atoms with Crippen molar-refractivity contribution in [2.45, 2.75) is 0 Å². The molecule has 1 heterocycles. The lowest BCUT2D eigenvalue weighted by Gasteiger charge is -2.26. The van der Waals surface area contributed by atoms with Crippen LogP contribution in [-0.2, 0) is 9.84 Å². The van der Waals surface area contributed by atoms with E-state index in [9.17, 15) is 13.2 Å². The zero-order valence-corrected chi connectivity index (χ0v) is 11.4. The number of nitrogens with zero attached hydrogens (tertiary/aromatic N) is 1. The highest BCUT2D eigenvalue weighted by molar-refractivity contribution is 7.91. The van der Waals surface area contributed by atoms with Crippen molar-refractivity contribution in [2.24, 2.45) is 0 Å². The van der Waals surface area contributed by atoms with E-state index in [1.807, 2.05) is 0 Å². The molecule has 0 saturated carbocycles. The van der Waals surface area contributed by atoms with E-state index in [1.165, 1.54) is 4.90 Å². The molecule has 2 rings (SSSR count). The van der Waals surface area contributed by atoms with Crippen LogP contribution >= 0.6 is 0 Å². The van der Waals surface area contributed by atoms with Gasteiger partial charge in [-0.05, 0) is 24.3 Å². The molecule has 2 amide bonds. The van der Waals surface area contributed by atoms with Crippen LogP contribution in [0.5, 0.6) is 5.75 Å². The van der Waals surface area contributed by atoms with Crippen molar-refractivity contribution in [3.8, 4) is 5.75 Å². The van der Waals surface area contributed by atoms with Crippen molar-refractivity contribution in [1.29, 1.82) is 0 Å². The van der Waals surface area contributed by atoms with Crippen LogP contribution in [0.1, 0.15) is 0 Å². The minimum atomic E-state index is -2.97. The smallest absolute Gasteiger partial charge is 0.321 e. The lowest BCUT2D eigenvalue weighted by atomic mass is 10.3. The predicted molar refractivity (Wildman–Crippen MR) is 72.2 cm³/mol. The molecule has 6 nitrogen and oxygen atoms in total. The number of nitrogens with one attached hydrogen (secondary N) is 1. The molecule has 1 aromatic carbocycles. The Bertz CT molecular complexity index is 540. The SMILES string of the molecule is COc1ccc(NC(=O)N2CCS(=O)(=O)CC2)cc1. The Hall–Kier alpha value is -1.76. The Balaban J connectivity index is 1.94. The molecule has 1 aromatic rings. The van der Waals surface area contributed by atoms with Crippen LogP contribution < -0.4 is 10.1 Å². The standard InChI is InChI=1S/C12H16N2O4S/c1-18-11-4-2-10(3-5-11)13-12(15)14-6-8-19(16,17)9-7-14/h2-5H,6-9H2,1H3,(H,13,15). The molecule has 1 aliphatic heterocycles. The average molecular weight is 284 g/mol. The highest BCUT2D eigenvalue weighted by Crippen LogP contribution is 2.16. The summed E-state index contributed by atoms with van der Waals surface area (Å²) >= 11 is 0. The molecule has 7 heteroatoms. The van der Waals surface area contributed by atoms with Gasteiger partial charge in [-0.3, -0.25) is 0 Å². The topological polar surface area (TPSA) is 75.7 Å². The van der Waals surface area contributed by atoms with Gasteiger partial charge in [0, 0.05) is 18.8 Å². The van der Waals surface area contributed by atoms with Crippen molar-refractivity contribution >= 4 is 21.6 Å². The lowest BCUT2D eigenvalue weighted by molar-refractivity contribution is 0.216. The molecule has 0 aliphatic carbocycles. The van der Waals surface area contributed by atoms with Crippen molar-refractivity contribution in [2.75, 3.05) is 37.0 Å². The number of hydrogen-bond acceptors (Lipinski definition) is 4. The average Bonchev–Trinajstić information content (AvgIpc) is 2.39. The highest BCUT2D eigenvalue weighted by atomic mass is 32.2. The van der Waals surface area contributed by atoms with Gasteiger partial charge in [-0.25, -0.2) is 13.2 Å². The van der Waals surface area contributed by atoms with Crippen molar-refractivity contribution in [3.63, 3.8) is 0 Å². The fraction of sp³-hybridized carbons (Fsp3) is 0.417. The van der Waals surface area contributed by atoms with Crippen LogP contribution in [0.2, 0.25) is 0 Å². The summed E-state index contributed by atoms with van der Waals surface area (Å²) in [5, 5.41) is 2.73. The van der Waals surface area contributed by atoms with E-state index in [1.54, 1.807) is 31.4 Å². The number of carbonyl (C=O) groups is 1. The van der Waals surface area contributed by atoms with Crippen LogP contribution in [-0.4, -0.2) is 51.1 Å². The molecule has 1 fully saturated rings. The van der Waals surface area contributed by atoms with E-state index >= 15 is 0 Å². The highest BCUT2D eigenvalue weighted by Gasteiger charge is 2.24. The summed E-state index contributed by atoms with van der Waals surface area (Å²) in [5.41, 5.74) is 0.652. The summed E-state index contributed by atoms with van der Waals surface area (Å²) in [6, 6.07) is 6.68. The van der Waals surface area contributed by atoms with Gasteiger partial charge in [0.15, 0.2) is 9.84 Å². The van der Waals surface area contributed by atoms with Crippen LogP contribution in [0.3, 0.4) is 0 Å². The molecule has 1 saturated heterocycles. The molecule has 0 atom stereocenters. The van der Waals surface area contributed by atoms with Gasteiger partial charge in [-0.15, -0.1) is 0 Å². The number of hydrogen-bond donors (Lipinski definition) is 1. The third kappa shape index (κ3) is 3.60.